The molecule has 13 heavy (non-hydrogen) atoms. The fraction of sp³-hybridized carbons (Fsp3) is 0.455. The van der Waals surface area contributed by atoms with E-state index in [1.165, 1.54) is 29.4 Å². The molecule has 1 unspecified atom stereocenters. The van der Waals surface area contributed by atoms with Gasteiger partial charge in [-0.15, -0.1) is 0 Å². The highest BCUT2D eigenvalue weighted by molar-refractivity contribution is 9.10. The molecule has 2 heteroatoms. The molecule has 1 fully saturated rings. The number of halogens is 1. The van der Waals surface area contributed by atoms with E-state index in [9.17, 15) is 0 Å². The summed E-state index contributed by atoms with van der Waals surface area (Å²) < 4.78 is 1.19. The minimum atomic E-state index is 0.637. The summed E-state index contributed by atoms with van der Waals surface area (Å²) in [5.41, 5.74) is 1.44. The summed E-state index contributed by atoms with van der Waals surface area (Å²) in [5, 5.41) is 0. The molecule has 2 rings (SSSR count). The van der Waals surface area contributed by atoms with Gasteiger partial charge in [-0.1, -0.05) is 28.1 Å². The first-order valence-corrected chi connectivity index (χ1v) is 5.52. The van der Waals surface area contributed by atoms with Gasteiger partial charge in [-0.05, 0) is 44.1 Å². The van der Waals surface area contributed by atoms with Crippen molar-refractivity contribution in [2.24, 2.45) is 0 Å². The SMILES string of the molecule is CN1CCCC1c1cccc(Br)c1. The molecular formula is C11H14BrN. The van der Waals surface area contributed by atoms with Gasteiger partial charge in [0.05, 0.1) is 0 Å². The lowest BCUT2D eigenvalue weighted by atomic mass is 10.1. The molecular weight excluding hydrogens is 226 g/mol. The Morgan fingerprint density at radius 3 is 2.92 bits per heavy atom. The number of likely N-dealkylation sites (tertiary alicyclic amines) is 1. The van der Waals surface area contributed by atoms with Gasteiger partial charge in [0.25, 0.3) is 0 Å². The largest absolute Gasteiger partial charge is 0.299 e. The van der Waals surface area contributed by atoms with Gasteiger partial charge in [-0.3, -0.25) is 4.90 Å². The van der Waals surface area contributed by atoms with Gasteiger partial charge in [-0.2, -0.15) is 0 Å². The summed E-state index contributed by atoms with van der Waals surface area (Å²) in [6.45, 7) is 1.23. The normalized spacial score (nSPS) is 23.7. The maximum absolute atomic E-state index is 3.51. The first-order chi connectivity index (χ1) is 6.27. The summed E-state index contributed by atoms with van der Waals surface area (Å²) in [6, 6.07) is 9.28. The number of hydrogen-bond donors (Lipinski definition) is 0. The second-order valence-electron chi connectivity index (χ2n) is 3.69. The molecule has 1 aliphatic heterocycles. The maximum atomic E-state index is 3.51. The molecule has 0 aliphatic carbocycles. The van der Waals surface area contributed by atoms with Crippen molar-refractivity contribution in [3.05, 3.63) is 34.3 Å². The van der Waals surface area contributed by atoms with Crippen LogP contribution in [0.2, 0.25) is 0 Å². The highest BCUT2D eigenvalue weighted by atomic mass is 79.9. The topological polar surface area (TPSA) is 3.24 Å². The van der Waals surface area contributed by atoms with E-state index >= 15 is 0 Å². The van der Waals surface area contributed by atoms with Crippen molar-refractivity contribution in [2.75, 3.05) is 13.6 Å². The van der Waals surface area contributed by atoms with E-state index in [1.54, 1.807) is 0 Å². The average Bonchev–Trinajstić information content (AvgIpc) is 2.51. The zero-order chi connectivity index (χ0) is 9.26. The lowest BCUT2D eigenvalue weighted by Gasteiger charge is -2.19. The molecule has 0 bridgehead atoms. The molecule has 0 amide bonds. The van der Waals surface area contributed by atoms with Gasteiger partial charge in [-0.25, -0.2) is 0 Å². The molecule has 0 radical (unpaired) electrons. The highest BCUT2D eigenvalue weighted by Gasteiger charge is 2.22. The van der Waals surface area contributed by atoms with Gasteiger partial charge in [0, 0.05) is 10.5 Å². The van der Waals surface area contributed by atoms with Crippen LogP contribution in [0.5, 0.6) is 0 Å². The Bertz CT molecular complexity index is 298. The molecule has 1 aliphatic rings. The lowest BCUT2D eigenvalue weighted by molar-refractivity contribution is 0.317. The van der Waals surface area contributed by atoms with E-state index in [0.29, 0.717) is 6.04 Å². The highest BCUT2D eigenvalue weighted by Crippen LogP contribution is 2.31. The van der Waals surface area contributed by atoms with Crippen LogP contribution in [0.1, 0.15) is 24.4 Å². The van der Waals surface area contributed by atoms with Crippen LogP contribution in [0.25, 0.3) is 0 Å². The zero-order valence-corrected chi connectivity index (χ0v) is 9.42. The average molecular weight is 240 g/mol. The minimum absolute atomic E-state index is 0.637. The van der Waals surface area contributed by atoms with Gasteiger partial charge in [0.15, 0.2) is 0 Å². The molecule has 0 N–H and O–H groups in total. The lowest BCUT2D eigenvalue weighted by Crippen LogP contribution is -2.17. The number of benzene rings is 1. The third kappa shape index (κ3) is 1.94. The molecule has 1 atom stereocenters. The number of nitrogens with zero attached hydrogens (tertiary/aromatic N) is 1. The molecule has 0 spiro atoms. The van der Waals surface area contributed by atoms with E-state index in [2.05, 4.69) is 52.1 Å². The predicted octanol–water partition coefficient (Wildman–Crippen LogP) is 3.22. The van der Waals surface area contributed by atoms with Crippen LogP contribution < -0.4 is 0 Å². The van der Waals surface area contributed by atoms with Crippen LogP contribution in [0.3, 0.4) is 0 Å². The van der Waals surface area contributed by atoms with E-state index in [4.69, 9.17) is 0 Å². The summed E-state index contributed by atoms with van der Waals surface area (Å²) >= 11 is 3.51. The first kappa shape index (κ1) is 9.22. The van der Waals surface area contributed by atoms with E-state index in [-0.39, 0.29) is 0 Å². The first-order valence-electron chi connectivity index (χ1n) is 4.73. The van der Waals surface area contributed by atoms with Crippen molar-refractivity contribution >= 4 is 15.9 Å². The molecule has 1 aromatic rings. The van der Waals surface area contributed by atoms with E-state index in [0.717, 1.165) is 0 Å². The van der Waals surface area contributed by atoms with Crippen LogP contribution in [0.4, 0.5) is 0 Å². The molecule has 1 aromatic carbocycles. The Hall–Kier alpha value is -0.340. The van der Waals surface area contributed by atoms with Gasteiger partial charge < -0.3 is 0 Å². The predicted molar refractivity (Wildman–Crippen MR) is 58.7 cm³/mol. The summed E-state index contributed by atoms with van der Waals surface area (Å²) in [6.07, 6.45) is 2.63. The standard InChI is InChI=1S/C11H14BrN/c1-13-7-3-6-11(13)9-4-2-5-10(12)8-9/h2,4-5,8,11H,3,6-7H2,1H3. The number of rotatable bonds is 1. The molecule has 1 nitrogen and oxygen atoms in total. The molecule has 0 aromatic heterocycles. The Morgan fingerprint density at radius 2 is 2.31 bits per heavy atom. The van der Waals surface area contributed by atoms with Gasteiger partial charge in [0.1, 0.15) is 0 Å². The number of hydrogen-bond acceptors (Lipinski definition) is 1. The third-order valence-electron chi connectivity index (χ3n) is 2.75. The smallest absolute Gasteiger partial charge is 0.0345 e. The second-order valence-corrected chi connectivity index (χ2v) is 4.61. The van der Waals surface area contributed by atoms with Gasteiger partial charge >= 0.3 is 0 Å². The molecule has 0 saturated carbocycles. The molecule has 1 heterocycles. The van der Waals surface area contributed by atoms with Crippen LogP contribution in [-0.2, 0) is 0 Å². The van der Waals surface area contributed by atoms with E-state index in [1.807, 2.05) is 0 Å². The quantitative estimate of drug-likeness (QED) is 0.728. The second kappa shape index (κ2) is 3.81. The summed E-state index contributed by atoms with van der Waals surface area (Å²) in [5.74, 6) is 0. The van der Waals surface area contributed by atoms with Crippen LogP contribution in [-0.4, -0.2) is 18.5 Å². The monoisotopic (exact) mass is 239 g/mol. The third-order valence-corrected chi connectivity index (χ3v) is 3.25. The minimum Gasteiger partial charge on any atom is -0.299 e. The van der Waals surface area contributed by atoms with Gasteiger partial charge in [0.2, 0.25) is 0 Å². The fourth-order valence-electron chi connectivity index (χ4n) is 2.05. The van der Waals surface area contributed by atoms with Crippen molar-refractivity contribution in [1.29, 1.82) is 0 Å². The van der Waals surface area contributed by atoms with Crippen molar-refractivity contribution in [2.45, 2.75) is 18.9 Å². The Labute approximate surface area is 87.9 Å². The van der Waals surface area contributed by atoms with Crippen LogP contribution in [0.15, 0.2) is 28.7 Å². The summed E-state index contributed by atoms with van der Waals surface area (Å²) in [7, 11) is 2.21. The van der Waals surface area contributed by atoms with E-state index < -0.39 is 0 Å². The summed E-state index contributed by atoms with van der Waals surface area (Å²) in [4.78, 5) is 2.43. The maximum Gasteiger partial charge on any atom is 0.0345 e. The van der Waals surface area contributed by atoms with Crippen molar-refractivity contribution in [3.8, 4) is 0 Å². The fourth-order valence-corrected chi connectivity index (χ4v) is 2.46. The van der Waals surface area contributed by atoms with Crippen LogP contribution >= 0.6 is 15.9 Å². The Kier molecular flexibility index (Phi) is 2.70. The Morgan fingerprint density at radius 1 is 1.46 bits per heavy atom. The molecule has 70 valence electrons. The Balaban J connectivity index is 2.24. The molecule has 1 saturated heterocycles. The van der Waals surface area contributed by atoms with Crippen molar-refractivity contribution in [1.82, 2.24) is 4.90 Å². The zero-order valence-electron chi connectivity index (χ0n) is 7.83. The van der Waals surface area contributed by atoms with Crippen molar-refractivity contribution < 1.29 is 0 Å². The van der Waals surface area contributed by atoms with Crippen molar-refractivity contribution in [3.63, 3.8) is 0 Å². The van der Waals surface area contributed by atoms with Crippen LogP contribution in [0, 0.1) is 0 Å².